The van der Waals surface area contributed by atoms with E-state index in [-0.39, 0.29) is 0 Å². The molecule has 2 rings (SSSR count). The van der Waals surface area contributed by atoms with Crippen molar-refractivity contribution >= 4 is 5.69 Å². The molecule has 1 fully saturated rings. The number of anilines is 1. The number of hydrogen-bond donors (Lipinski definition) is 1. The molecule has 82 valence electrons. The topological polar surface area (TPSA) is 28.2 Å². The highest BCUT2D eigenvalue weighted by atomic mass is 15.2. The van der Waals surface area contributed by atoms with Crippen LogP contribution in [-0.2, 0) is 0 Å². The van der Waals surface area contributed by atoms with Crippen molar-refractivity contribution in [3.8, 4) is 0 Å². The summed E-state index contributed by atoms with van der Waals surface area (Å²) >= 11 is 0. The zero-order valence-electron chi connectivity index (χ0n) is 9.48. The minimum Gasteiger partial charge on any atom is -0.367 e. The molecule has 2 atom stereocenters. The first-order valence-corrected chi connectivity index (χ1v) is 5.65. The van der Waals surface area contributed by atoms with E-state index >= 15 is 0 Å². The van der Waals surface area contributed by atoms with Crippen molar-refractivity contribution in [2.75, 3.05) is 18.5 Å². The molecule has 2 heterocycles. The first kappa shape index (κ1) is 10.4. The van der Waals surface area contributed by atoms with Crippen LogP contribution in [0.15, 0.2) is 24.5 Å². The maximum Gasteiger partial charge on any atom is 0.0555 e. The third-order valence-corrected chi connectivity index (χ3v) is 3.26. The molecule has 1 N–H and O–H groups in total. The van der Waals surface area contributed by atoms with E-state index in [9.17, 15) is 0 Å². The number of rotatable bonds is 2. The maximum absolute atomic E-state index is 4.18. The number of nitrogens with one attached hydrogen (secondary N) is 1. The summed E-state index contributed by atoms with van der Waals surface area (Å²) in [5.41, 5.74) is 1.25. The number of pyridine rings is 1. The standard InChI is InChI=1S/C12H19N3/c1-10-8-11(13-2)5-7-15(10)12-4-3-6-14-9-12/h3-4,6,9-11,13H,5,7-8H2,1-2H3. The van der Waals surface area contributed by atoms with Gasteiger partial charge in [0.15, 0.2) is 0 Å². The van der Waals surface area contributed by atoms with Crippen LogP contribution in [0.4, 0.5) is 5.69 Å². The Bertz CT molecular complexity index is 299. The van der Waals surface area contributed by atoms with Crippen molar-refractivity contribution in [1.29, 1.82) is 0 Å². The zero-order valence-corrected chi connectivity index (χ0v) is 9.48. The fourth-order valence-electron chi connectivity index (χ4n) is 2.34. The van der Waals surface area contributed by atoms with E-state index in [1.165, 1.54) is 18.5 Å². The minimum atomic E-state index is 0.598. The van der Waals surface area contributed by atoms with Gasteiger partial charge in [0.05, 0.1) is 11.9 Å². The highest BCUT2D eigenvalue weighted by Crippen LogP contribution is 2.23. The van der Waals surface area contributed by atoms with Gasteiger partial charge in [-0.2, -0.15) is 0 Å². The highest BCUT2D eigenvalue weighted by molar-refractivity contribution is 5.45. The van der Waals surface area contributed by atoms with Crippen LogP contribution in [0.3, 0.4) is 0 Å². The quantitative estimate of drug-likeness (QED) is 0.796. The largest absolute Gasteiger partial charge is 0.367 e. The monoisotopic (exact) mass is 205 g/mol. The van der Waals surface area contributed by atoms with Gasteiger partial charge in [0.1, 0.15) is 0 Å². The molecule has 0 bridgehead atoms. The highest BCUT2D eigenvalue weighted by Gasteiger charge is 2.24. The fraction of sp³-hybridized carbons (Fsp3) is 0.583. The third-order valence-electron chi connectivity index (χ3n) is 3.26. The smallest absolute Gasteiger partial charge is 0.0555 e. The first-order chi connectivity index (χ1) is 7.31. The van der Waals surface area contributed by atoms with Gasteiger partial charge >= 0.3 is 0 Å². The molecule has 15 heavy (non-hydrogen) atoms. The Morgan fingerprint density at radius 3 is 3.00 bits per heavy atom. The fourth-order valence-corrected chi connectivity index (χ4v) is 2.34. The molecule has 1 aliphatic rings. The van der Waals surface area contributed by atoms with Crippen LogP contribution in [0, 0.1) is 0 Å². The normalized spacial score (nSPS) is 26.7. The van der Waals surface area contributed by atoms with Crippen molar-refractivity contribution in [2.45, 2.75) is 31.8 Å². The van der Waals surface area contributed by atoms with Crippen LogP contribution in [0.1, 0.15) is 19.8 Å². The summed E-state index contributed by atoms with van der Waals surface area (Å²) in [5, 5.41) is 3.36. The SMILES string of the molecule is CNC1CCN(c2cccnc2)C(C)C1. The van der Waals surface area contributed by atoms with E-state index in [2.05, 4.69) is 35.2 Å². The summed E-state index contributed by atoms with van der Waals surface area (Å²) < 4.78 is 0. The van der Waals surface area contributed by atoms with Crippen LogP contribution in [0.25, 0.3) is 0 Å². The molecule has 0 aliphatic carbocycles. The lowest BCUT2D eigenvalue weighted by atomic mass is 9.98. The molecule has 3 nitrogen and oxygen atoms in total. The van der Waals surface area contributed by atoms with Crippen molar-refractivity contribution in [1.82, 2.24) is 10.3 Å². The van der Waals surface area contributed by atoms with E-state index in [1.54, 1.807) is 0 Å². The van der Waals surface area contributed by atoms with Gasteiger partial charge < -0.3 is 10.2 Å². The summed E-state index contributed by atoms with van der Waals surface area (Å²) in [5.74, 6) is 0. The zero-order chi connectivity index (χ0) is 10.7. The summed E-state index contributed by atoms with van der Waals surface area (Å²) in [6.07, 6.45) is 6.21. The Kier molecular flexibility index (Phi) is 3.21. The molecule has 3 heteroatoms. The summed E-state index contributed by atoms with van der Waals surface area (Å²) in [7, 11) is 2.05. The number of hydrogen-bond acceptors (Lipinski definition) is 3. The van der Waals surface area contributed by atoms with Gasteiger partial charge in [0.25, 0.3) is 0 Å². The predicted octanol–water partition coefficient (Wildman–Crippen LogP) is 1.66. The third kappa shape index (κ3) is 2.29. The molecule has 0 spiro atoms. The minimum absolute atomic E-state index is 0.598. The Hall–Kier alpha value is -1.09. The molecule has 1 saturated heterocycles. The van der Waals surface area contributed by atoms with E-state index in [1.807, 2.05) is 18.5 Å². The second-order valence-corrected chi connectivity index (χ2v) is 4.26. The van der Waals surface area contributed by atoms with Gasteiger partial charge in [0, 0.05) is 24.8 Å². The summed E-state index contributed by atoms with van der Waals surface area (Å²) in [4.78, 5) is 6.62. The first-order valence-electron chi connectivity index (χ1n) is 5.65. The molecule has 0 radical (unpaired) electrons. The molecule has 0 saturated carbocycles. The van der Waals surface area contributed by atoms with Gasteiger partial charge in [-0.05, 0) is 38.9 Å². The molecular formula is C12H19N3. The molecule has 0 amide bonds. The lowest BCUT2D eigenvalue weighted by Crippen LogP contribution is -2.46. The summed E-state index contributed by atoms with van der Waals surface area (Å²) in [6, 6.07) is 5.42. The van der Waals surface area contributed by atoms with Crippen LogP contribution in [0.5, 0.6) is 0 Å². The Morgan fingerprint density at radius 2 is 2.40 bits per heavy atom. The maximum atomic E-state index is 4.18. The second kappa shape index (κ2) is 4.62. The van der Waals surface area contributed by atoms with Crippen molar-refractivity contribution in [3.63, 3.8) is 0 Å². The van der Waals surface area contributed by atoms with Gasteiger partial charge in [-0.25, -0.2) is 0 Å². The van der Waals surface area contributed by atoms with E-state index in [0.717, 1.165) is 6.54 Å². The average Bonchev–Trinajstić information content (AvgIpc) is 2.30. The summed E-state index contributed by atoms with van der Waals surface area (Å²) in [6.45, 7) is 3.41. The van der Waals surface area contributed by atoms with E-state index in [0.29, 0.717) is 12.1 Å². The number of piperidine rings is 1. The van der Waals surface area contributed by atoms with Crippen molar-refractivity contribution in [2.24, 2.45) is 0 Å². The predicted molar refractivity (Wildman–Crippen MR) is 63.1 cm³/mol. The number of nitrogens with zero attached hydrogens (tertiary/aromatic N) is 2. The molecule has 2 unspecified atom stereocenters. The van der Waals surface area contributed by atoms with Crippen molar-refractivity contribution < 1.29 is 0 Å². The Morgan fingerprint density at radius 1 is 1.53 bits per heavy atom. The number of aromatic nitrogens is 1. The van der Waals surface area contributed by atoms with Gasteiger partial charge in [-0.3, -0.25) is 4.98 Å². The van der Waals surface area contributed by atoms with E-state index in [4.69, 9.17) is 0 Å². The van der Waals surface area contributed by atoms with Gasteiger partial charge in [0.2, 0.25) is 0 Å². The van der Waals surface area contributed by atoms with E-state index < -0.39 is 0 Å². The lowest BCUT2D eigenvalue weighted by Gasteiger charge is -2.39. The van der Waals surface area contributed by atoms with Crippen molar-refractivity contribution in [3.05, 3.63) is 24.5 Å². The van der Waals surface area contributed by atoms with Crippen LogP contribution < -0.4 is 10.2 Å². The van der Waals surface area contributed by atoms with Crippen LogP contribution in [0.2, 0.25) is 0 Å². The van der Waals surface area contributed by atoms with Gasteiger partial charge in [-0.1, -0.05) is 0 Å². The van der Waals surface area contributed by atoms with Crippen LogP contribution in [-0.4, -0.2) is 30.7 Å². The molecular weight excluding hydrogens is 186 g/mol. The molecule has 1 aliphatic heterocycles. The average molecular weight is 205 g/mol. The second-order valence-electron chi connectivity index (χ2n) is 4.26. The molecule has 1 aromatic rings. The van der Waals surface area contributed by atoms with Crippen LogP contribution >= 0.6 is 0 Å². The molecule has 0 aromatic carbocycles. The molecule has 1 aromatic heterocycles. The lowest BCUT2D eigenvalue weighted by molar-refractivity contribution is 0.387. The Labute approximate surface area is 91.5 Å². The Balaban J connectivity index is 2.06. The van der Waals surface area contributed by atoms with Gasteiger partial charge in [-0.15, -0.1) is 0 Å².